The summed E-state index contributed by atoms with van der Waals surface area (Å²) in [5.74, 6) is 0. The molecule has 6 rings (SSSR count). The number of aryl methyl sites for hydroxylation is 2. The topological polar surface area (TPSA) is 0 Å². The molecule has 4 aromatic carbocycles. The van der Waals surface area contributed by atoms with Crippen LogP contribution in [0.4, 0.5) is 0 Å². The molecule has 0 saturated carbocycles. The first-order chi connectivity index (χ1) is 19.0. The van der Waals surface area contributed by atoms with E-state index in [-0.39, 0.29) is 15.8 Å². The molecule has 2 atom stereocenters. The predicted molar refractivity (Wildman–Crippen MR) is 172 cm³/mol. The van der Waals surface area contributed by atoms with Crippen molar-refractivity contribution in [3.05, 3.63) is 153 Å². The van der Waals surface area contributed by atoms with Crippen molar-refractivity contribution in [2.75, 3.05) is 26.7 Å². The van der Waals surface area contributed by atoms with E-state index < -0.39 is 22.9 Å². The normalized spacial score (nSPS) is 17.2. The number of allylic oxidation sites excluding steroid dienone is 2. The van der Waals surface area contributed by atoms with Crippen LogP contribution >= 0.6 is 15.8 Å². The van der Waals surface area contributed by atoms with Gasteiger partial charge in [0.15, 0.2) is 0 Å². The number of hydrogen-bond acceptors (Lipinski definition) is 0. The van der Waals surface area contributed by atoms with Crippen molar-refractivity contribution in [2.45, 2.75) is 20.2 Å². The van der Waals surface area contributed by atoms with Crippen LogP contribution in [0.15, 0.2) is 120 Å². The summed E-state index contributed by atoms with van der Waals surface area (Å²) in [6.45, 7) is 9.76. The number of benzene rings is 4. The second kappa shape index (κ2) is 13.6. The maximum Gasteiger partial charge on any atom is -0.0238 e. The van der Waals surface area contributed by atoms with Crippen LogP contribution in [-0.2, 0) is 35.7 Å². The summed E-state index contributed by atoms with van der Waals surface area (Å²) in [6.07, 6.45) is 7.32. The first kappa shape index (κ1) is 28.6. The molecule has 0 fully saturated rings. The molecule has 196 valence electrons. The Hall–Kier alpha value is -1.91. The molecule has 0 aliphatic heterocycles. The number of hydrogen-bond donors (Lipinski definition) is 0. The minimum atomic E-state index is -0.964. The summed E-state index contributed by atoms with van der Waals surface area (Å²) in [6, 6.07) is 39.6. The molecule has 0 N–H and O–H groups in total. The van der Waals surface area contributed by atoms with Gasteiger partial charge in [-0.1, -0.05) is 60.7 Å². The molecule has 0 amide bonds. The van der Waals surface area contributed by atoms with E-state index in [0.29, 0.717) is 0 Å². The number of rotatable bonds is 7. The van der Waals surface area contributed by atoms with Crippen molar-refractivity contribution in [3.8, 4) is 0 Å². The molecule has 2 unspecified atom stereocenters. The van der Waals surface area contributed by atoms with E-state index in [9.17, 15) is 0 Å². The van der Waals surface area contributed by atoms with E-state index in [4.69, 9.17) is 0 Å². The predicted octanol–water partition coefficient (Wildman–Crippen LogP) is 10.2. The van der Waals surface area contributed by atoms with Gasteiger partial charge in [0.25, 0.3) is 0 Å². The second-order valence-electron chi connectivity index (χ2n) is 10.7. The van der Waals surface area contributed by atoms with Crippen LogP contribution in [0.3, 0.4) is 0 Å². The van der Waals surface area contributed by atoms with Gasteiger partial charge in [0.05, 0.1) is 0 Å². The summed E-state index contributed by atoms with van der Waals surface area (Å²) in [4.78, 5) is 0. The Kier molecular flexibility index (Phi) is 10.0. The van der Waals surface area contributed by atoms with E-state index in [2.05, 4.69) is 148 Å². The van der Waals surface area contributed by atoms with Crippen molar-refractivity contribution in [1.82, 2.24) is 0 Å². The molecule has 3 heteroatoms. The monoisotopic (exact) mass is 712 g/mol. The van der Waals surface area contributed by atoms with Crippen LogP contribution < -0.4 is 0 Å². The van der Waals surface area contributed by atoms with Crippen LogP contribution in [-0.4, -0.2) is 26.7 Å². The molecule has 0 aromatic heterocycles. The quantitative estimate of drug-likeness (QED) is 0.132. The minimum absolute atomic E-state index is 0.00880. The zero-order valence-electron chi connectivity index (χ0n) is 23.5. The molecular formula is C36H38HfP2. The zero-order chi connectivity index (χ0) is 27.2. The molecule has 39 heavy (non-hydrogen) atoms. The SMILES string of the molecule is CP(C)C1=Cc2ccccc2[CH]1[Hf][CH]1C(P(C)C)=Cc2ccccc21.c1ccc(CCc2ccccc2)cc1. The summed E-state index contributed by atoms with van der Waals surface area (Å²) in [7, 11) is -0.0176. The third-order valence-corrected chi connectivity index (χ3v) is 19.0. The van der Waals surface area contributed by atoms with E-state index in [0.717, 1.165) is 20.2 Å². The van der Waals surface area contributed by atoms with Crippen LogP contribution in [0.5, 0.6) is 0 Å². The third kappa shape index (κ3) is 7.06. The van der Waals surface area contributed by atoms with Gasteiger partial charge in [0.2, 0.25) is 0 Å². The Balaban J connectivity index is 0.000000186. The molecular weight excluding hydrogens is 673 g/mol. The Morgan fingerprint density at radius 2 is 0.846 bits per heavy atom. The van der Waals surface area contributed by atoms with Gasteiger partial charge in [-0.15, -0.1) is 0 Å². The van der Waals surface area contributed by atoms with Gasteiger partial charge in [-0.2, -0.15) is 0 Å². The van der Waals surface area contributed by atoms with Crippen LogP contribution in [0.2, 0.25) is 0 Å². The molecule has 0 bridgehead atoms. The van der Waals surface area contributed by atoms with Crippen molar-refractivity contribution >= 4 is 28.0 Å². The maximum atomic E-state index is 2.53. The van der Waals surface area contributed by atoms with Crippen LogP contribution in [0.25, 0.3) is 12.2 Å². The van der Waals surface area contributed by atoms with Crippen LogP contribution in [0, 0.1) is 0 Å². The smallest absolute Gasteiger partial charge is 0.0238 e. The third-order valence-electron chi connectivity index (χ3n) is 7.57. The fourth-order valence-electron chi connectivity index (χ4n) is 5.48. The van der Waals surface area contributed by atoms with Gasteiger partial charge < -0.3 is 0 Å². The van der Waals surface area contributed by atoms with E-state index >= 15 is 0 Å². The summed E-state index contributed by atoms with van der Waals surface area (Å²) in [5.41, 5.74) is 9.10. The van der Waals surface area contributed by atoms with Gasteiger partial charge in [-0.25, -0.2) is 0 Å². The second-order valence-corrected chi connectivity index (χ2v) is 20.6. The number of fused-ring (bicyclic) bond motifs is 2. The van der Waals surface area contributed by atoms with E-state index in [1.807, 2.05) is 0 Å². The fourth-order valence-corrected chi connectivity index (χ4v) is 20.6. The Labute approximate surface area is 249 Å². The Morgan fingerprint density at radius 1 is 0.487 bits per heavy atom. The maximum absolute atomic E-state index is 2.53. The molecule has 2 aliphatic carbocycles. The van der Waals surface area contributed by atoms with Crippen LogP contribution in [0.1, 0.15) is 40.7 Å². The van der Waals surface area contributed by atoms with Crippen molar-refractivity contribution < 1.29 is 22.9 Å². The standard InChI is InChI=1S/C14H14.2C11H12P.Hf/c1-3-7-13(8-4-1)11-12-14-9-5-2-6-10-14;2*1-12(2)11-7-9-5-3-4-6-10(9)8-11;/h1-10H,11-12H2;2*3-8H,1-2H3;. The molecule has 0 heterocycles. The zero-order valence-corrected chi connectivity index (χ0v) is 28.9. The van der Waals surface area contributed by atoms with Crippen molar-refractivity contribution in [3.63, 3.8) is 0 Å². The van der Waals surface area contributed by atoms with E-state index in [1.165, 1.54) is 22.3 Å². The summed E-state index contributed by atoms with van der Waals surface area (Å²) >= 11 is -0.964. The van der Waals surface area contributed by atoms with Crippen molar-refractivity contribution in [1.29, 1.82) is 0 Å². The molecule has 2 aliphatic rings. The first-order valence-electron chi connectivity index (χ1n) is 13.8. The average molecular weight is 711 g/mol. The Bertz CT molecular complexity index is 1330. The first-order valence-corrected chi connectivity index (χ1v) is 22.4. The average Bonchev–Trinajstić information content (AvgIpc) is 3.53. The summed E-state index contributed by atoms with van der Waals surface area (Å²) in [5, 5.41) is 3.53. The minimum Gasteiger partial charge on any atom is -0.0622 e. The van der Waals surface area contributed by atoms with Gasteiger partial charge in [0, 0.05) is 0 Å². The van der Waals surface area contributed by atoms with Gasteiger partial charge >= 0.3 is 166 Å². The molecule has 0 nitrogen and oxygen atoms in total. The van der Waals surface area contributed by atoms with Crippen molar-refractivity contribution in [2.24, 2.45) is 0 Å². The molecule has 4 aromatic rings. The molecule has 0 saturated heterocycles. The largest absolute Gasteiger partial charge is 0.0622 e. The van der Waals surface area contributed by atoms with E-state index in [1.54, 1.807) is 21.8 Å². The van der Waals surface area contributed by atoms with Gasteiger partial charge in [-0.3, -0.25) is 0 Å². The van der Waals surface area contributed by atoms with Gasteiger partial charge in [0.1, 0.15) is 0 Å². The fraction of sp³-hybridized carbons (Fsp3) is 0.222. The summed E-state index contributed by atoms with van der Waals surface area (Å²) < 4.78 is 1.57. The Morgan fingerprint density at radius 3 is 1.23 bits per heavy atom. The molecule has 0 radical (unpaired) electrons. The van der Waals surface area contributed by atoms with Gasteiger partial charge in [-0.05, 0) is 24.0 Å². The molecule has 0 spiro atoms.